The average Bonchev–Trinajstić information content (AvgIpc) is 1.61. The Kier molecular flexibility index (Phi) is 5.62. The van der Waals surface area contributed by atoms with Crippen LogP contribution >= 0.6 is 17.2 Å². The van der Waals surface area contributed by atoms with Crippen molar-refractivity contribution < 1.29 is 0 Å². The van der Waals surface area contributed by atoms with Crippen LogP contribution in [0.15, 0.2) is 0 Å². The van der Waals surface area contributed by atoms with E-state index in [-0.39, 0.29) is 0 Å². The van der Waals surface area contributed by atoms with Crippen LogP contribution in [0, 0.1) is 0 Å². The largest absolute Gasteiger partial charge is 0.138 e. The minimum Gasteiger partial charge on any atom is -0.138 e. The molecule has 44 valence electrons. The van der Waals surface area contributed by atoms with Crippen LogP contribution in [0.2, 0.25) is 0 Å². The Morgan fingerprint density at radius 2 is 2.00 bits per heavy atom. The van der Waals surface area contributed by atoms with Gasteiger partial charge in [-0.2, -0.15) is 0 Å². The van der Waals surface area contributed by atoms with Crippen LogP contribution in [-0.2, 0) is 0 Å². The number of hydrogen-bond acceptors (Lipinski definition) is 0. The fourth-order valence-electron chi connectivity index (χ4n) is 0.408. The molecular weight excluding hydrogens is 122 g/mol. The first-order valence-electron chi connectivity index (χ1n) is 2.62. The molecule has 0 heterocycles. The van der Waals surface area contributed by atoms with E-state index in [2.05, 4.69) is 22.6 Å². The van der Waals surface area contributed by atoms with Crippen LogP contribution < -0.4 is 0 Å². The molecule has 0 aliphatic rings. The summed E-state index contributed by atoms with van der Waals surface area (Å²) in [6, 6.07) is 0. The van der Waals surface area contributed by atoms with Gasteiger partial charge in [0.1, 0.15) is 0 Å². The van der Waals surface area contributed by atoms with E-state index in [1.807, 2.05) is 0 Å². The van der Waals surface area contributed by atoms with Crippen molar-refractivity contribution in [3.63, 3.8) is 0 Å². The maximum absolute atomic E-state index is 2.76. The quantitative estimate of drug-likeness (QED) is 0.520. The van der Waals surface area contributed by atoms with Gasteiger partial charge < -0.3 is 0 Å². The Morgan fingerprint density at radius 1 is 1.43 bits per heavy atom. The lowest BCUT2D eigenvalue weighted by molar-refractivity contribution is 1.12. The zero-order valence-corrected chi connectivity index (χ0v) is 7.20. The molecule has 0 aromatic rings. The van der Waals surface area contributed by atoms with Crippen LogP contribution in [0.5, 0.6) is 0 Å². The monoisotopic (exact) mass is 136 g/mol. The molecule has 0 amide bonds. The van der Waals surface area contributed by atoms with Gasteiger partial charge in [-0.3, -0.25) is 0 Å². The SMILES string of the molecule is CP(C)CCCP. The zero-order chi connectivity index (χ0) is 5.70. The summed E-state index contributed by atoms with van der Waals surface area (Å²) in [5.74, 6) is 0. The molecule has 7 heavy (non-hydrogen) atoms. The summed E-state index contributed by atoms with van der Waals surface area (Å²) in [7, 11) is 3.14. The van der Waals surface area contributed by atoms with E-state index in [1.54, 1.807) is 0 Å². The van der Waals surface area contributed by atoms with Crippen LogP contribution in [0.1, 0.15) is 6.42 Å². The van der Waals surface area contributed by atoms with Gasteiger partial charge in [0.2, 0.25) is 0 Å². The first-order chi connectivity index (χ1) is 3.27. The van der Waals surface area contributed by atoms with E-state index in [1.165, 1.54) is 18.7 Å². The molecule has 0 nitrogen and oxygen atoms in total. The molecule has 2 heteroatoms. The minimum absolute atomic E-state index is 0.380. The minimum atomic E-state index is 0.380. The highest BCUT2D eigenvalue weighted by molar-refractivity contribution is 7.55. The summed E-state index contributed by atoms with van der Waals surface area (Å²) < 4.78 is 0. The molecule has 0 saturated heterocycles. The molecule has 0 aromatic heterocycles. The summed E-state index contributed by atoms with van der Waals surface area (Å²) in [6.07, 6.45) is 4.11. The second-order valence-corrected chi connectivity index (χ2v) is 5.13. The van der Waals surface area contributed by atoms with Crippen molar-refractivity contribution in [3.05, 3.63) is 0 Å². The third kappa shape index (κ3) is 6.86. The molecule has 0 radical (unpaired) electrons. The lowest BCUT2D eigenvalue weighted by Crippen LogP contribution is -1.80. The maximum atomic E-state index is 2.76. The standard InChI is InChI=1S/C5H14P2/c1-7(2)5-3-4-6/h3-6H2,1-2H3. The van der Waals surface area contributed by atoms with E-state index in [0.29, 0.717) is 7.92 Å². The van der Waals surface area contributed by atoms with Gasteiger partial charge in [-0.25, -0.2) is 0 Å². The lowest BCUT2D eigenvalue weighted by atomic mass is 10.6. The first-order valence-corrected chi connectivity index (χ1v) is 5.86. The summed E-state index contributed by atoms with van der Waals surface area (Å²) in [6.45, 7) is 4.66. The van der Waals surface area contributed by atoms with Crippen molar-refractivity contribution in [3.8, 4) is 0 Å². The van der Waals surface area contributed by atoms with Gasteiger partial charge in [0.25, 0.3) is 0 Å². The Hall–Kier alpha value is 0.860. The molecule has 0 saturated carbocycles. The van der Waals surface area contributed by atoms with Gasteiger partial charge in [0.05, 0.1) is 0 Å². The first kappa shape index (κ1) is 7.86. The van der Waals surface area contributed by atoms with Crippen molar-refractivity contribution in [2.24, 2.45) is 0 Å². The van der Waals surface area contributed by atoms with Crippen LogP contribution in [0.25, 0.3) is 0 Å². The highest BCUT2D eigenvalue weighted by atomic mass is 31.1. The maximum Gasteiger partial charge on any atom is -0.0328 e. The zero-order valence-electron chi connectivity index (χ0n) is 5.15. The van der Waals surface area contributed by atoms with Gasteiger partial charge >= 0.3 is 0 Å². The normalized spacial score (nSPS) is 10.3. The Bertz CT molecular complexity index is 35.1. The molecule has 1 unspecified atom stereocenters. The van der Waals surface area contributed by atoms with Crippen molar-refractivity contribution >= 4 is 17.2 Å². The van der Waals surface area contributed by atoms with Crippen molar-refractivity contribution in [1.82, 2.24) is 0 Å². The fourth-order valence-corrected chi connectivity index (χ4v) is 1.77. The Balaban J connectivity index is 2.68. The lowest BCUT2D eigenvalue weighted by Gasteiger charge is -2.00. The smallest absolute Gasteiger partial charge is 0.0328 e. The van der Waals surface area contributed by atoms with Gasteiger partial charge in [0, 0.05) is 0 Å². The summed E-state index contributed by atoms with van der Waals surface area (Å²) >= 11 is 0. The third-order valence-corrected chi connectivity index (χ3v) is 2.43. The van der Waals surface area contributed by atoms with Gasteiger partial charge in [-0.1, -0.05) is 0 Å². The highest BCUT2D eigenvalue weighted by Crippen LogP contribution is 2.24. The number of hydrogen-bond donors (Lipinski definition) is 0. The summed E-state index contributed by atoms with van der Waals surface area (Å²) in [5.41, 5.74) is 0. The van der Waals surface area contributed by atoms with E-state index >= 15 is 0 Å². The van der Waals surface area contributed by atoms with Crippen molar-refractivity contribution in [2.45, 2.75) is 6.42 Å². The van der Waals surface area contributed by atoms with Crippen molar-refractivity contribution in [2.75, 3.05) is 25.7 Å². The Labute approximate surface area is 50.0 Å². The molecule has 0 N–H and O–H groups in total. The molecule has 0 spiro atoms. The van der Waals surface area contributed by atoms with Crippen molar-refractivity contribution in [1.29, 1.82) is 0 Å². The van der Waals surface area contributed by atoms with E-state index in [0.717, 1.165) is 0 Å². The van der Waals surface area contributed by atoms with Crippen LogP contribution in [-0.4, -0.2) is 25.7 Å². The Morgan fingerprint density at radius 3 is 2.14 bits per heavy atom. The summed E-state index contributed by atoms with van der Waals surface area (Å²) in [4.78, 5) is 0. The topological polar surface area (TPSA) is 0 Å². The molecule has 0 fully saturated rings. The predicted molar refractivity (Wildman–Crippen MR) is 42.8 cm³/mol. The third-order valence-electron chi connectivity index (χ3n) is 0.809. The summed E-state index contributed by atoms with van der Waals surface area (Å²) in [5, 5.41) is 0. The van der Waals surface area contributed by atoms with Gasteiger partial charge in [-0.05, 0) is 32.1 Å². The molecule has 0 aliphatic carbocycles. The van der Waals surface area contributed by atoms with Crippen LogP contribution in [0.3, 0.4) is 0 Å². The highest BCUT2D eigenvalue weighted by Gasteiger charge is 1.87. The molecule has 1 atom stereocenters. The average molecular weight is 136 g/mol. The number of rotatable bonds is 3. The van der Waals surface area contributed by atoms with Gasteiger partial charge in [0.15, 0.2) is 0 Å². The molecule has 0 bridgehead atoms. The second kappa shape index (κ2) is 5.01. The van der Waals surface area contributed by atoms with E-state index in [9.17, 15) is 0 Å². The molecule has 0 rings (SSSR count). The van der Waals surface area contributed by atoms with Crippen LogP contribution in [0.4, 0.5) is 0 Å². The van der Waals surface area contributed by atoms with E-state index < -0.39 is 0 Å². The van der Waals surface area contributed by atoms with E-state index in [4.69, 9.17) is 0 Å². The van der Waals surface area contributed by atoms with Gasteiger partial charge in [-0.15, -0.1) is 17.2 Å². The molecular formula is C5H14P2. The molecule has 0 aromatic carbocycles. The fraction of sp³-hybridized carbons (Fsp3) is 1.00. The second-order valence-electron chi connectivity index (χ2n) is 1.95. The predicted octanol–water partition coefficient (Wildman–Crippen LogP) is 1.99. The molecule has 0 aliphatic heterocycles.